The van der Waals surface area contributed by atoms with Crippen molar-refractivity contribution in [1.82, 2.24) is 0 Å². The van der Waals surface area contributed by atoms with Crippen molar-refractivity contribution in [2.45, 2.75) is 19.7 Å². The Morgan fingerprint density at radius 2 is 1.30 bits per heavy atom. The van der Waals surface area contributed by atoms with Crippen LogP contribution in [0.2, 0.25) is 5.82 Å². The van der Waals surface area contributed by atoms with Crippen LogP contribution in [0.15, 0.2) is 0 Å². The van der Waals surface area contributed by atoms with Gasteiger partial charge in [0.15, 0.2) is 0 Å². The molecule has 0 spiro atoms. The summed E-state index contributed by atoms with van der Waals surface area (Å²) in [6.07, 6.45) is 0. The molecule has 1 saturated carbocycles. The second-order valence-electron chi connectivity index (χ2n) is 2.92. The summed E-state index contributed by atoms with van der Waals surface area (Å²) in [7, 11) is 0. The third kappa shape index (κ3) is 2.24. The van der Waals surface area contributed by atoms with E-state index in [0.29, 0.717) is 0 Å². The first-order valence-electron chi connectivity index (χ1n) is 3.14. The molecule has 0 aromatic carbocycles. The van der Waals surface area contributed by atoms with E-state index >= 15 is 0 Å². The standard InChI is InChI=1S/C5H9BF3.K/c1-3-4(2)5(3)6(7,8)9;/h3-5H,1-2H3;/q-1;+1/t3-,4-;/m1./s1. The Labute approximate surface area is 101 Å². The normalized spacial score (nSPS) is 38.7. The Kier molecular flexibility index (Phi) is 3.99. The average molecular weight is 176 g/mol. The van der Waals surface area contributed by atoms with E-state index in [1.54, 1.807) is 13.8 Å². The maximum Gasteiger partial charge on any atom is 1.00 e. The van der Waals surface area contributed by atoms with Crippen molar-refractivity contribution in [2.24, 2.45) is 11.8 Å². The minimum absolute atomic E-state index is 0. The number of halogens is 3. The van der Waals surface area contributed by atoms with E-state index in [9.17, 15) is 12.9 Å². The van der Waals surface area contributed by atoms with Crippen LogP contribution >= 0.6 is 0 Å². The molecule has 0 bridgehead atoms. The summed E-state index contributed by atoms with van der Waals surface area (Å²) in [4.78, 5) is 0. The minimum Gasteiger partial charge on any atom is -0.449 e. The Hall–Kier alpha value is 1.49. The van der Waals surface area contributed by atoms with Crippen LogP contribution in [0, 0.1) is 11.8 Å². The van der Waals surface area contributed by atoms with Gasteiger partial charge in [-0.2, -0.15) is 0 Å². The third-order valence-corrected chi connectivity index (χ3v) is 2.34. The van der Waals surface area contributed by atoms with E-state index in [0.717, 1.165) is 0 Å². The molecule has 0 aromatic rings. The first-order valence-corrected chi connectivity index (χ1v) is 3.14. The zero-order valence-corrected chi connectivity index (χ0v) is 9.57. The Morgan fingerprint density at radius 3 is 1.30 bits per heavy atom. The van der Waals surface area contributed by atoms with E-state index in [-0.39, 0.29) is 63.2 Å². The molecule has 0 radical (unpaired) electrons. The van der Waals surface area contributed by atoms with Crippen molar-refractivity contribution in [3.63, 3.8) is 0 Å². The van der Waals surface area contributed by atoms with E-state index < -0.39 is 12.8 Å². The van der Waals surface area contributed by atoms with Crippen LogP contribution in [0.1, 0.15) is 13.8 Å². The van der Waals surface area contributed by atoms with Crippen LogP contribution in [-0.4, -0.2) is 6.98 Å². The maximum atomic E-state index is 11.8. The van der Waals surface area contributed by atoms with Crippen LogP contribution in [0.4, 0.5) is 12.9 Å². The quantitative estimate of drug-likeness (QED) is 0.472. The molecule has 0 heterocycles. The van der Waals surface area contributed by atoms with Gasteiger partial charge in [-0.05, 0) is 0 Å². The predicted octanol–water partition coefficient (Wildman–Crippen LogP) is -0.506. The fourth-order valence-electron chi connectivity index (χ4n) is 1.39. The summed E-state index contributed by atoms with van der Waals surface area (Å²) in [5.41, 5.74) is 0. The van der Waals surface area contributed by atoms with Crippen LogP contribution in [0.25, 0.3) is 0 Å². The molecule has 0 aliphatic heterocycles. The largest absolute Gasteiger partial charge is 1.00 e. The fourth-order valence-corrected chi connectivity index (χ4v) is 1.39. The SMILES string of the molecule is C[C@H]1C([B-](F)(F)F)[C@@H]1C.[K+]. The topological polar surface area (TPSA) is 0 Å². The molecule has 0 unspecified atom stereocenters. The van der Waals surface area contributed by atoms with E-state index in [1.165, 1.54) is 0 Å². The summed E-state index contributed by atoms with van der Waals surface area (Å²) in [5, 5.41) is 0. The van der Waals surface area contributed by atoms with Crippen molar-refractivity contribution in [3.8, 4) is 0 Å². The molecule has 1 aliphatic rings. The van der Waals surface area contributed by atoms with Gasteiger partial charge in [0.05, 0.1) is 0 Å². The van der Waals surface area contributed by atoms with Crippen LogP contribution < -0.4 is 51.4 Å². The van der Waals surface area contributed by atoms with Crippen molar-refractivity contribution in [3.05, 3.63) is 0 Å². The van der Waals surface area contributed by atoms with Gasteiger partial charge in [0.25, 0.3) is 0 Å². The molecular formula is C5H9BF3K. The zero-order chi connectivity index (χ0) is 7.23. The van der Waals surface area contributed by atoms with E-state index in [2.05, 4.69) is 0 Å². The van der Waals surface area contributed by atoms with Gasteiger partial charge in [-0.25, -0.2) is 0 Å². The molecule has 1 fully saturated rings. The Bertz CT molecular complexity index is 117. The number of hydrogen-bond donors (Lipinski definition) is 0. The first-order chi connectivity index (χ1) is 3.94. The van der Waals surface area contributed by atoms with E-state index in [1.807, 2.05) is 0 Å². The zero-order valence-electron chi connectivity index (χ0n) is 6.44. The predicted molar refractivity (Wildman–Crippen MR) is 31.2 cm³/mol. The second-order valence-corrected chi connectivity index (χ2v) is 2.92. The van der Waals surface area contributed by atoms with Crippen LogP contribution in [0.5, 0.6) is 0 Å². The molecule has 0 N–H and O–H groups in total. The number of rotatable bonds is 1. The molecule has 10 heavy (non-hydrogen) atoms. The smallest absolute Gasteiger partial charge is 0.449 e. The average Bonchev–Trinajstić information content (AvgIpc) is 2.11. The Morgan fingerprint density at radius 1 is 1.00 bits per heavy atom. The van der Waals surface area contributed by atoms with Crippen molar-refractivity contribution < 1.29 is 64.3 Å². The van der Waals surface area contributed by atoms with Gasteiger partial charge in [-0.1, -0.05) is 31.5 Å². The summed E-state index contributed by atoms with van der Waals surface area (Å²) < 4.78 is 35.4. The molecule has 0 amide bonds. The van der Waals surface area contributed by atoms with Crippen LogP contribution in [-0.2, 0) is 0 Å². The first kappa shape index (κ1) is 11.5. The van der Waals surface area contributed by atoms with Gasteiger partial charge < -0.3 is 12.9 Å². The molecular weight excluding hydrogens is 167 g/mol. The fraction of sp³-hybridized carbons (Fsp3) is 1.00. The van der Waals surface area contributed by atoms with Gasteiger partial charge in [-0.3, -0.25) is 0 Å². The van der Waals surface area contributed by atoms with Gasteiger partial charge in [0.2, 0.25) is 0 Å². The molecule has 0 saturated heterocycles. The van der Waals surface area contributed by atoms with Gasteiger partial charge in [-0.15, -0.1) is 0 Å². The van der Waals surface area contributed by atoms with Crippen molar-refractivity contribution in [2.75, 3.05) is 0 Å². The van der Waals surface area contributed by atoms with Gasteiger partial charge in [0.1, 0.15) is 0 Å². The molecule has 1 aliphatic carbocycles. The van der Waals surface area contributed by atoms with Gasteiger partial charge >= 0.3 is 58.4 Å². The summed E-state index contributed by atoms with van der Waals surface area (Å²) in [6, 6.07) is 0. The molecule has 0 nitrogen and oxygen atoms in total. The van der Waals surface area contributed by atoms with E-state index in [4.69, 9.17) is 0 Å². The minimum atomic E-state index is -4.53. The number of hydrogen-bond acceptors (Lipinski definition) is 0. The molecule has 1 rings (SSSR count). The summed E-state index contributed by atoms with van der Waals surface area (Å²) in [6.45, 7) is -1.22. The Balaban J connectivity index is 0.000000810. The second kappa shape index (κ2) is 3.48. The van der Waals surface area contributed by atoms with Crippen molar-refractivity contribution in [1.29, 1.82) is 0 Å². The molecule has 54 valence electrons. The van der Waals surface area contributed by atoms with Gasteiger partial charge in [0, 0.05) is 0 Å². The monoisotopic (exact) mass is 176 g/mol. The summed E-state index contributed by atoms with van der Waals surface area (Å²) >= 11 is 0. The molecule has 0 aromatic heterocycles. The summed E-state index contributed by atoms with van der Waals surface area (Å²) in [5.74, 6) is -1.19. The third-order valence-electron chi connectivity index (χ3n) is 2.34. The molecule has 2 atom stereocenters. The maximum absolute atomic E-state index is 11.8. The molecule has 5 heteroatoms. The van der Waals surface area contributed by atoms with Crippen LogP contribution in [0.3, 0.4) is 0 Å². The van der Waals surface area contributed by atoms with Crippen molar-refractivity contribution >= 4 is 6.98 Å².